The van der Waals surface area contributed by atoms with E-state index >= 15 is 0 Å². The Morgan fingerprint density at radius 2 is 2.00 bits per heavy atom. The van der Waals surface area contributed by atoms with E-state index in [1.165, 1.54) is 4.88 Å². The van der Waals surface area contributed by atoms with Crippen LogP contribution in [0, 0.1) is 0 Å². The largest absolute Gasteiger partial charge is 0.496 e. The normalized spacial score (nSPS) is 10.9. The van der Waals surface area contributed by atoms with Gasteiger partial charge in [0, 0.05) is 23.5 Å². The van der Waals surface area contributed by atoms with Crippen molar-refractivity contribution in [2.45, 2.75) is 19.9 Å². The summed E-state index contributed by atoms with van der Waals surface area (Å²) in [5.41, 5.74) is 1.07. The molecule has 0 aliphatic carbocycles. The van der Waals surface area contributed by atoms with Crippen LogP contribution in [0.4, 0.5) is 0 Å². The number of nitrogens with zero attached hydrogens (tertiary/aromatic N) is 1. The Balaban J connectivity index is 0.00000288. The Morgan fingerprint density at radius 3 is 2.67 bits per heavy atom. The highest BCUT2D eigenvalue weighted by atomic mass is 127. The number of halogens is 2. The van der Waals surface area contributed by atoms with Crippen LogP contribution >= 0.6 is 46.9 Å². The molecular weight excluding hydrogens is 457 g/mol. The lowest BCUT2D eigenvalue weighted by Gasteiger charge is -2.11. The molecule has 0 saturated carbocycles. The summed E-state index contributed by atoms with van der Waals surface area (Å²) in [5, 5.41) is 6.61. The Hall–Kier alpha value is -0.990. The number of thiophene rings is 1. The summed E-state index contributed by atoms with van der Waals surface area (Å²) < 4.78 is 6.19. The minimum absolute atomic E-state index is 0. The van der Waals surface area contributed by atoms with Gasteiger partial charge in [0.1, 0.15) is 5.75 Å². The van der Waals surface area contributed by atoms with Gasteiger partial charge in [0.2, 0.25) is 0 Å². The fourth-order valence-corrected chi connectivity index (χ4v) is 3.22. The number of hydrogen-bond acceptors (Lipinski definition) is 3. The fraction of sp³-hybridized carbons (Fsp3) is 0.353. The lowest BCUT2D eigenvalue weighted by atomic mass is 10.2. The van der Waals surface area contributed by atoms with E-state index in [-0.39, 0.29) is 24.0 Å². The third kappa shape index (κ3) is 6.86. The average Bonchev–Trinajstić information content (AvgIpc) is 2.98. The highest BCUT2D eigenvalue weighted by Gasteiger charge is 2.03. The molecule has 0 unspecified atom stereocenters. The smallest absolute Gasteiger partial charge is 0.191 e. The minimum atomic E-state index is 0. The second kappa shape index (κ2) is 11.5. The Morgan fingerprint density at radius 1 is 1.21 bits per heavy atom. The second-order valence-corrected chi connectivity index (χ2v) is 6.69. The van der Waals surface area contributed by atoms with Crippen LogP contribution in [0.2, 0.25) is 4.34 Å². The van der Waals surface area contributed by atoms with Crippen molar-refractivity contribution in [2.24, 2.45) is 4.99 Å². The van der Waals surface area contributed by atoms with E-state index in [0.717, 1.165) is 41.1 Å². The first-order valence-electron chi connectivity index (χ1n) is 7.61. The first-order valence-corrected chi connectivity index (χ1v) is 8.80. The zero-order valence-corrected chi connectivity index (χ0v) is 17.7. The van der Waals surface area contributed by atoms with E-state index in [1.807, 2.05) is 30.3 Å². The number of methoxy groups -OCH3 is 1. The van der Waals surface area contributed by atoms with Crippen molar-refractivity contribution in [2.75, 3.05) is 20.2 Å². The van der Waals surface area contributed by atoms with Crippen molar-refractivity contribution < 1.29 is 4.74 Å². The third-order valence-electron chi connectivity index (χ3n) is 3.24. The van der Waals surface area contributed by atoms with Gasteiger partial charge >= 0.3 is 0 Å². The lowest BCUT2D eigenvalue weighted by Crippen LogP contribution is -2.38. The number of rotatable bonds is 7. The van der Waals surface area contributed by atoms with Crippen LogP contribution in [0.1, 0.15) is 17.4 Å². The van der Waals surface area contributed by atoms with E-state index in [9.17, 15) is 0 Å². The highest BCUT2D eigenvalue weighted by Crippen LogP contribution is 2.21. The molecule has 7 heteroatoms. The standard InChI is InChI=1S/C17H22ClN3OS.HI/c1-3-19-17(20-11-10-14-8-9-16(18)23-14)21-12-13-6-4-5-7-15(13)22-2;/h4-9H,3,10-12H2,1-2H3,(H2,19,20,21);1H. The topological polar surface area (TPSA) is 45.7 Å². The first-order chi connectivity index (χ1) is 11.2. The maximum absolute atomic E-state index is 5.95. The summed E-state index contributed by atoms with van der Waals surface area (Å²) in [6, 6.07) is 11.9. The van der Waals surface area contributed by atoms with Crippen molar-refractivity contribution >= 4 is 52.9 Å². The third-order valence-corrected chi connectivity index (χ3v) is 4.53. The van der Waals surface area contributed by atoms with Crippen LogP contribution in [0.3, 0.4) is 0 Å². The molecule has 2 N–H and O–H groups in total. The number of para-hydroxylation sites is 1. The van der Waals surface area contributed by atoms with Gasteiger partial charge in [-0.15, -0.1) is 35.3 Å². The van der Waals surface area contributed by atoms with Crippen LogP contribution in [-0.4, -0.2) is 26.2 Å². The van der Waals surface area contributed by atoms with Crippen LogP contribution in [0.25, 0.3) is 0 Å². The number of ether oxygens (including phenoxy) is 1. The summed E-state index contributed by atoms with van der Waals surface area (Å²) in [5.74, 6) is 1.67. The summed E-state index contributed by atoms with van der Waals surface area (Å²) in [4.78, 5) is 5.89. The summed E-state index contributed by atoms with van der Waals surface area (Å²) >= 11 is 7.56. The summed E-state index contributed by atoms with van der Waals surface area (Å²) in [6.07, 6.45) is 0.927. The van der Waals surface area contributed by atoms with Crippen LogP contribution < -0.4 is 15.4 Å². The second-order valence-electron chi connectivity index (χ2n) is 4.89. The van der Waals surface area contributed by atoms with E-state index in [0.29, 0.717) is 6.54 Å². The zero-order valence-electron chi connectivity index (χ0n) is 13.8. The van der Waals surface area contributed by atoms with Crippen molar-refractivity contribution in [3.8, 4) is 5.75 Å². The molecule has 24 heavy (non-hydrogen) atoms. The minimum Gasteiger partial charge on any atom is -0.496 e. The molecular formula is C17H23ClIN3OS. The van der Waals surface area contributed by atoms with Crippen molar-refractivity contribution in [3.05, 3.63) is 51.2 Å². The van der Waals surface area contributed by atoms with E-state index in [1.54, 1.807) is 18.4 Å². The lowest BCUT2D eigenvalue weighted by molar-refractivity contribution is 0.410. The zero-order chi connectivity index (χ0) is 16.5. The summed E-state index contributed by atoms with van der Waals surface area (Å²) in [7, 11) is 1.68. The molecule has 0 aliphatic heterocycles. The van der Waals surface area contributed by atoms with Crippen molar-refractivity contribution in [1.82, 2.24) is 10.6 Å². The molecule has 0 atom stereocenters. The molecule has 1 heterocycles. The molecule has 0 fully saturated rings. The first kappa shape index (κ1) is 21.1. The predicted molar refractivity (Wildman–Crippen MR) is 114 cm³/mol. The highest BCUT2D eigenvalue weighted by molar-refractivity contribution is 14.0. The van der Waals surface area contributed by atoms with Crippen LogP contribution in [-0.2, 0) is 13.0 Å². The molecule has 0 radical (unpaired) electrons. The molecule has 0 bridgehead atoms. The SMILES string of the molecule is CCNC(=NCc1ccccc1OC)NCCc1ccc(Cl)s1.I. The molecule has 132 valence electrons. The average molecular weight is 480 g/mol. The van der Waals surface area contributed by atoms with Gasteiger partial charge < -0.3 is 15.4 Å². The number of guanidine groups is 1. The predicted octanol–water partition coefficient (Wildman–Crippen LogP) is 4.33. The quantitative estimate of drug-likeness (QED) is 0.353. The number of benzene rings is 1. The maximum atomic E-state index is 5.95. The maximum Gasteiger partial charge on any atom is 0.191 e. The molecule has 0 saturated heterocycles. The van der Waals surface area contributed by atoms with Gasteiger partial charge in [-0.2, -0.15) is 0 Å². The van der Waals surface area contributed by atoms with Crippen LogP contribution in [0.15, 0.2) is 41.4 Å². The van der Waals surface area contributed by atoms with E-state index in [4.69, 9.17) is 16.3 Å². The number of hydrogen-bond donors (Lipinski definition) is 2. The molecule has 2 aromatic rings. The molecule has 0 aliphatic rings. The van der Waals surface area contributed by atoms with Gasteiger partial charge in [-0.05, 0) is 31.5 Å². The molecule has 0 spiro atoms. The molecule has 0 amide bonds. The Labute approximate surface area is 169 Å². The molecule has 1 aromatic heterocycles. The van der Waals surface area contributed by atoms with Gasteiger partial charge in [-0.1, -0.05) is 29.8 Å². The monoisotopic (exact) mass is 479 g/mol. The van der Waals surface area contributed by atoms with Gasteiger partial charge in [0.05, 0.1) is 18.0 Å². The molecule has 1 aromatic carbocycles. The van der Waals surface area contributed by atoms with E-state index in [2.05, 4.69) is 28.6 Å². The van der Waals surface area contributed by atoms with Crippen LogP contribution in [0.5, 0.6) is 5.75 Å². The molecule has 2 rings (SSSR count). The van der Waals surface area contributed by atoms with Gasteiger partial charge in [-0.3, -0.25) is 0 Å². The van der Waals surface area contributed by atoms with Gasteiger partial charge in [0.25, 0.3) is 0 Å². The van der Waals surface area contributed by atoms with Gasteiger partial charge in [0.15, 0.2) is 5.96 Å². The van der Waals surface area contributed by atoms with Gasteiger partial charge in [-0.25, -0.2) is 4.99 Å². The summed E-state index contributed by atoms with van der Waals surface area (Å²) in [6.45, 7) is 4.26. The fourth-order valence-electron chi connectivity index (χ4n) is 2.13. The Bertz CT molecular complexity index is 648. The number of aliphatic imine (C=N–C) groups is 1. The van der Waals surface area contributed by atoms with Crippen molar-refractivity contribution in [3.63, 3.8) is 0 Å². The number of nitrogens with one attached hydrogen (secondary N) is 2. The van der Waals surface area contributed by atoms with Crippen molar-refractivity contribution in [1.29, 1.82) is 0 Å². The molecule has 4 nitrogen and oxygen atoms in total. The van der Waals surface area contributed by atoms with E-state index < -0.39 is 0 Å². The Kier molecular flexibility index (Phi) is 10.1.